The first-order chi connectivity index (χ1) is 18.8. The average molecular weight is 531 g/mol. The van der Waals surface area contributed by atoms with Gasteiger partial charge in [-0.1, -0.05) is 12.1 Å². The molecule has 0 fully saturated rings. The Hall–Kier alpha value is -4.51. The molecule has 0 saturated carbocycles. The number of nitrogens with zero attached hydrogens (tertiary/aromatic N) is 6. The molecule has 1 aliphatic rings. The van der Waals surface area contributed by atoms with Crippen LogP contribution in [0.2, 0.25) is 0 Å². The van der Waals surface area contributed by atoms with Crippen LogP contribution >= 0.6 is 0 Å². The predicted octanol–water partition coefficient (Wildman–Crippen LogP) is 4.37. The minimum absolute atomic E-state index is 0.204. The highest BCUT2D eigenvalue weighted by atomic mass is 19.2. The molecule has 0 saturated heterocycles. The highest BCUT2D eigenvalue weighted by molar-refractivity contribution is 6.02. The zero-order valence-corrected chi connectivity index (χ0v) is 21.6. The molecule has 200 valence electrons. The van der Waals surface area contributed by atoms with Crippen molar-refractivity contribution in [2.75, 3.05) is 13.1 Å². The number of hydrogen-bond donors (Lipinski definition) is 3. The van der Waals surface area contributed by atoms with Gasteiger partial charge in [-0.3, -0.25) is 10.1 Å². The van der Waals surface area contributed by atoms with Crippen LogP contribution in [0.25, 0.3) is 16.7 Å². The van der Waals surface area contributed by atoms with E-state index in [0.717, 1.165) is 47.4 Å². The lowest BCUT2D eigenvalue weighted by molar-refractivity contribution is 0.101. The van der Waals surface area contributed by atoms with Crippen LogP contribution in [0, 0.1) is 17.0 Å². The quantitative estimate of drug-likeness (QED) is 0.242. The van der Waals surface area contributed by atoms with Gasteiger partial charge in [0.15, 0.2) is 23.3 Å². The largest absolute Gasteiger partial charge is 0.381 e. The zero-order chi connectivity index (χ0) is 27.6. The minimum Gasteiger partial charge on any atom is -0.381 e. The molecule has 0 amide bonds. The average Bonchev–Trinajstić information content (AvgIpc) is 3.63. The normalized spacial score (nSPS) is 15.7. The first-order valence-electron chi connectivity index (χ1n) is 12.5. The van der Waals surface area contributed by atoms with Gasteiger partial charge in [0, 0.05) is 61.1 Å². The Morgan fingerprint density at radius 3 is 2.59 bits per heavy atom. The van der Waals surface area contributed by atoms with Crippen molar-refractivity contribution >= 4 is 17.7 Å². The Balaban J connectivity index is 1.31. The van der Waals surface area contributed by atoms with Crippen LogP contribution in [-0.2, 0) is 12.1 Å². The zero-order valence-electron chi connectivity index (χ0n) is 21.6. The molecule has 1 aliphatic heterocycles. The number of benzene rings is 1. The van der Waals surface area contributed by atoms with Crippen molar-refractivity contribution in [3.05, 3.63) is 95.6 Å². The van der Waals surface area contributed by atoms with Crippen molar-refractivity contribution in [2.45, 2.75) is 32.4 Å². The summed E-state index contributed by atoms with van der Waals surface area (Å²) in [6.45, 7) is 5.49. The van der Waals surface area contributed by atoms with E-state index in [4.69, 9.17) is 5.41 Å². The third kappa shape index (κ3) is 5.26. The van der Waals surface area contributed by atoms with Crippen LogP contribution in [0.5, 0.6) is 0 Å². The number of aromatic amines is 1. The Morgan fingerprint density at radius 1 is 1.15 bits per heavy atom. The topological polar surface area (TPSA) is 119 Å². The van der Waals surface area contributed by atoms with Crippen molar-refractivity contribution in [3.8, 4) is 11.1 Å². The van der Waals surface area contributed by atoms with Crippen LogP contribution in [0.4, 0.5) is 8.78 Å². The van der Waals surface area contributed by atoms with Crippen LogP contribution in [0.15, 0.2) is 66.3 Å². The van der Waals surface area contributed by atoms with Gasteiger partial charge < -0.3 is 15.0 Å². The Morgan fingerprint density at radius 2 is 1.95 bits per heavy atom. The fourth-order valence-corrected chi connectivity index (χ4v) is 4.53. The monoisotopic (exact) mass is 530 g/mol. The summed E-state index contributed by atoms with van der Waals surface area (Å²) in [5.41, 5.74) is 2.71. The lowest BCUT2D eigenvalue weighted by atomic mass is 9.90. The molecule has 4 heterocycles. The fourth-order valence-electron chi connectivity index (χ4n) is 4.53. The van der Waals surface area contributed by atoms with Gasteiger partial charge >= 0.3 is 0 Å². The van der Waals surface area contributed by atoms with E-state index in [2.05, 4.69) is 29.9 Å². The first kappa shape index (κ1) is 26.1. The number of aromatic nitrogens is 5. The molecule has 0 aliphatic carbocycles. The fraction of sp³-hybridized carbons (Fsp3) is 0.250. The van der Waals surface area contributed by atoms with E-state index in [1.54, 1.807) is 0 Å². The lowest BCUT2D eigenvalue weighted by Crippen LogP contribution is -2.35. The third-order valence-electron chi connectivity index (χ3n) is 6.89. The van der Waals surface area contributed by atoms with Gasteiger partial charge in [0.1, 0.15) is 11.9 Å². The molecule has 1 aromatic carbocycles. The molecule has 3 aromatic heterocycles. The highest BCUT2D eigenvalue weighted by Gasteiger charge is 2.28. The summed E-state index contributed by atoms with van der Waals surface area (Å²) in [5, 5.41) is 22.9. The van der Waals surface area contributed by atoms with E-state index < -0.39 is 17.2 Å². The summed E-state index contributed by atoms with van der Waals surface area (Å²) < 4.78 is 28.9. The van der Waals surface area contributed by atoms with Gasteiger partial charge in [-0.05, 0) is 49.6 Å². The van der Waals surface area contributed by atoms with Crippen molar-refractivity contribution in [1.29, 1.82) is 5.41 Å². The number of amidine groups is 1. The minimum atomic E-state index is -1.59. The van der Waals surface area contributed by atoms with E-state index >= 15 is 0 Å². The Labute approximate surface area is 224 Å². The number of aliphatic hydroxyl groups is 1. The summed E-state index contributed by atoms with van der Waals surface area (Å²) in [6.07, 6.45) is 12.4. The third-order valence-corrected chi connectivity index (χ3v) is 6.89. The molecular weight excluding hydrogens is 502 g/mol. The molecule has 3 N–H and O–H groups in total. The van der Waals surface area contributed by atoms with E-state index in [1.807, 2.05) is 42.3 Å². The SMILES string of the molecule is CCn1cc(-c2c[nH]c(/C(=N\C=N)N3CC=C(c4ncc(C(C)(O)c5ccc(F)c(F)c5)cn4)CC3)c2)cn1. The van der Waals surface area contributed by atoms with E-state index in [1.165, 1.54) is 25.4 Å². The molecule has 9 nitrogen and oxygen atoms in total. The molecular formula is C28H28F2N8O. The van der Waals surface area contributed by atoms with Crippen LogP contribution in [0.3, 0.4) is 0 Å². The van der Waals surface area contributed by atoms with E-state index in [9.17, 15) is 13.9 Å². The molecule has 0 bridgehead atoms. The van der Waals surface area contributed by atoms with Crippen molar-refractivity contribution in [1.82, 2.24) is 29.6 Å². The number of H-pyrrole nitrogens is 1. The number of aliphatic imine (C=N–C) groups is 1. The van der Waals surface area contributed by atoms with E-state index in [-0.39, 0.29) is 5.56 Å². The van der Waals surface area contributed by atoms with Gasteiger partial charge in [-0.25, -0.2) is 23.7 Å². The van der Waals surface area contributed by atoms with Gasteiger partial charge in [0.05, 0.1) is 11.9 Å². The summed E-state index contributed by atoms with van der Waals surface area (Å²) in [4.78, 5) is 18.5. The van der Waals surface area contributed by atoms with E-state index in [0.29, 0.717) is 36.7 Å². The second-order valence-corrected chi connectivity index (χ2v) is 9.39. The molecule has 5 rings (SSSR count). The number of aryl methyl sites for hydroxylation is 1. The van der Waals surface area contributed by atoms with Gasteiger partial charge in [-0.15, -0.1) is 0 Å². The number of nitrogens with one attached hydrogen (secondary N) is 2. The maximum Gasteiger partial charge on any atom is 0.159 e. The maximum absolute atomic E-state index is 13.7. The number of hydrogen-bond acceptors (Lipinski definition) is 5. The molecule has 11 heteroatoms. The number of halogens is 2. The van der Waals surface area contributed by atoms with Gasteiger partial charge in [0.25, 0.3) is 0 Å². The van der Waals surface area contributed by atoms with Gasteiger partial charge in [-0.2, -0.15) is 5.10 Å². The second-order valence-electron chi connectivity index (χ2n) is 9.39. The lowest BCUT2D eigenvalue weighted by Gasteiger charge is -2.28. The van der Waals surface area contributed by atoms with Crippen molar-refractivity contribution < 1.29 is 13.9 Å². The van der Waals surface area contributed by atoms with Crippen LogP contribution in [0.1, 0.15) is 42.9 Å². The second kappa shape index (κ2) is 10.7. The predicted molar refractivity (Wildman–Crippen MR) is 144 cm³/mol. The van der Waals surface area contributed by atoms with Crippen LogP contribution in [-0.4, -0.2) is 60.0 Å². The molecule has 0 radical (unpaired) electrons. The summed E-state index contributed by atoms with van der Waals surface area (Å²) in [7, 11) is 0. The van der Waals surface area contributed by atoms with Crippen molar-refractivity contribution in [2.24, 2.45) is 4.99 Å². The maximum atomic E-state index is 13.7. The van der Waals surface area contributed by atoms with Gasteiger partial charge in [0.2, 0.25) is 0 Å². The highest BCUT2D eigenvalue weighted by Crippen LogP contribution is 2.30. The molecule has 39 heavy (non-hydrogen) atoms. The summed E-state index contributed by atoms with van der Waals surface area (Å²) >= 11 is 0. The van der Waals surface area contributed by atoms with Crippen LogP contribution < -0.4 is 0 Å². The molecule has 0 spiro atoms. The molecule has 1 atom stereocenters. The smallest absolute Gasteiger partial charge is 0.159 e. The Kier molecular flexibility index (Phi) is 7.16. The molecule has 4 aromatic rings. The molecule has 1 unspecified atom stereocenters. The Bertz CT molecular complexity index is 1550. The number of rotatable bonds is 7. The standard InChI is InChI=1S/C28H28F2N8O/c1-3-38-16-20(13-36-38)19-10-25(32-12-19)27(35-17-31)37-8-6-18(7-9-37)26-33-14-22(15-34-26)28(2,39)21-4-5-23(29)24(30)11-21/h4-6,10-17,31-32,39H,3,7-9H2,1-2H3/b31-17?,35-27+. The summed E-state index contributed by atoms with van der Waals surface area (Å²) in [5.74, 6) is -0.821. The summed E-state index contributed by atoms with van der Waals surface area (Å²) in [6, 6.07) is 5.29. The van der Waals surface area contributed by atoms with Crippen molar-refractivity contribution in [3.63, 3.8) is 0 Å². The first-order valence-corrected chi connectivity index (χ1v) is 12.5.